The number of hydrogen-bond acceptors (Lipinski definition) is 2. The second kappa shape index (κ2) is 7.44. The van der Waals surface area contributed by atoms with Gasteiger partial charge in [-0.15, -0.1) is 0 Å². The summed E-state index contributed by atoms with van der Waals surface area (Å²) in [4.78, 5) is 11.8. The lowest BCUT2D eigenvalue weighted by Gasteiger charge is -2.31. The van der Waals surface area contributed by atoms with Gasteiger partial charge in [-0.2, -0.15) is 0 Å². The van der Waals surface area contributed by atoms with Crippen LogP contribution in [0.4, 0.5) is 0 Å². The molecule has 0 heterocycles. The molecule has 0 radical (unpaired) electrons. The predicted molar refractivity (Wildman–Crippen MR) is 82.3 cm³/mol. The number of benzene rings is 1. The van der Waals surface area contributed by atoms with Gasteiger partial charge in [-0.05, 0) is 36.7 Å². The minimum Gasteiger partial charge on any atom is -0.351 e. The number of carbonyl (C=O) groups is 1. The molecule has 1 aliphatic carbocycles. The molecular formula is C17H26N2O. The number of carbonyl (C=O) groups excluding carboxylic acids is 1. The summed E-state index contributed by atoms with van der Waals surface area (Å²) >= 11 is 0. The van der Waals surface area contributed by atoms with E-state index in [9.17, 15) is 4.79 Å². The fourth-order valence-electron chi connectivity index (χ4n) is 3.21. The van der Waals surface area contributed by atoms with Crippen molar-refractivity contribution < 1.29 is 4.79 Å². The van der Waals surface area contributed by atoms with Crippen LogP contribution in [0.2, 0.25) is 0 Å². The number of amides is 1. The van der Waals surface area contributed by atoms with Crippen LogP contribution in [0.15, 0.2) is 30.3 Å². The van der Waals surface area contributed by atoms with Gasteiger partial charge in [-0.25, -0.2) is 0 Å². The van der Waals surface area contributed by atoms with Gasteiger partial charge in [-0.1, -0.05) is 44.2 Å². The van der Waals surface area contributed by atoms with Crippen LogP contribution < -0.4 is 10.6 Å². The zero-order valence-corrected chi connectivity index (χ0v) is 12.6. The predicted octanol–water partition coefficient (Wildman–Crippen LogP) is 2.72. The van der Waals surface area contributed by atoms with E-state index in [0.29, 0.717) is 19.1 Å². The average Bonchev–Trinajstić information content (AvgIpc) is 2.43. The van der Waals surface area contributed by atoms with E-state index in [1.165, 1.54) is 19.3 Å². The first-order chi connectivity index (χ1) is 9.63. The highest BCUT2D eigenvalue weighted by Gasteiger charge is 2.23. The summed E-state index contributed by atoms with van der Waals surface area (Å²) in [6.07, 6.45) is 3.70. The molecule has 1 saturated carbocycles. The van der Waals surface area contributed by atoms with E-state index < -0.39 is 0 Å². The zero-order valence-electron chi connectivity index (χ0n) is 12.6. The zero-order chi connectivity index (χ0) is 14.4. The van der Waals surface area contributed by atoms with Crippen molar-refractivity contribution in [3.8, 4) is 0 Å². The molecule has 1 aliphatic rings. The van der Waals surface area contributed by atoms with E-state index in [1.807, 2.05) is 30.3 Å². The molecule has 3 heteroatoms. The van der Waals surface area contributed by atoms with E-state index in [-0.39, 0.29) is 5.91 Å². The van der Waals surface area contributed by atoms with Crippen LogP contribution in [0.3, 0.4) is 0 Å². The van der Waals surface area contributed by atoms with Gasteiger partial charge in [0, 0.05) is 12.6 Å². The maximum atomic E-state index is 11.8. The molecule has 1 aromatic carbocycles. The summed E-state index contributed by atoms with van der Waals surface area (Å²) in [6.45, 7) is 5.65. The Balaban J connectivity index is 1.67. The van der Waals surface area contributed by atoms with Gasteiger partial charge in [0.05, 0.1) is 6.54 Å². The largest absolute Gasteiger partial charge is 0.351 e. The molecule has 1 aromatic rings. The Morgan fingerprint density at radius 3 is 2.40 bits per heavy atom. The van der Waals surface area contributed by atoms with Crippen LogP contribution in [0.1, 0.15) is 38.7 Å². The maximum Gasteiger partial charge on any atom is 0.234 e. The van der Waals surface area contributed by atoms with Crippen molar-refractivity contribution in [3.63, 3.8) is 0 Å². The molecule has 2 unspecified atom stereocenters. The van der Waals surface area contributed by atoms with Crippen LogP contribution >= 0.6 is 0 Å². The van der Waals surface area contributed by atoms with Crippen molar-refractivity contribution in [2.24, 2.45) is 11.8 Å². The van der Waals surface area contributed by atoms with E-state index in [4.69, 9.17) is 0 Å². The third-order valence-corrected chi connectivity index (χ3v) is 4.06. The first-order valence-corrected chi connectivity index (χ1v) is 7.67. The van der Waals surface area contributed by atoms with E-state index in [2.05, 4.69) is 24.5 Å². The van der Waals surface area contributed by atoms with Gasteiger partial charge in [0.25, 0.3) is 0 Å². The Hall–Kier alpha value is -1.35. The first kappa shape index (κ1) is 15.0. The average molecular weight is 274 g/mol. The Bertz CT molecular complexity index is 408. The molecule has 2 atom stereocenters. The fraction of sp³-hybridized carbons (Fsp3) is 0.588. The smallest absolute Gasteiger partial charge is 0.234 e. The van der Waals surface area contributed by atoms with Gasteiger partial charge in [0.15, 0.2) is 0 Å². The van der Waals surface area contributed by atoms with Crippen molar-refractivity contribution in [3.05, 3.63) is 35.9 Å². The molecular weight excluding hydrogens is 248 g/mol. The van der Waals surface area contributed by atoms with Crippen molar-refractivity contribution >= 4 is 5.91 Å². The van der Waals surface area contributed by atoms with Gasteiger partial charge in [0.1, 0.15) is 0 Å². The summed E-state index contributed by atoms with van der Waals surface area (Å²) < 4.78 is 0. The lowest BCUT2D eigenvalue weighted by Crippen LogP contribution is -2.42. The van der Waals surface area contributed by atoms with Crippen molar-refractivity contribution in [2.75, 3.05) is 6.54 Å². The van der Waals surface area contributed by atoms with E-state index >= 15 is 0 Å². The summed E-state index contributed by atoms with van der Waals surface area (Å²) in [5.41, 5.74) is 1.14. The van der Waals surface area contributed by atoms with Crippen LogP contribution in [-0.4, -0.2) is 18.5 Å². The molecule has 110 valence electrons. The topological polar surface area (TPSA) is 41.1 Å². The Labute approximate surface area is 122 Å². The Kier molecular flexibility index (Phi) is 5.60. The SMILES string of the molecule is CC1CC(C)CC(NCC(=O)NCc2ccccc2)C1. The summed E-state index contributed by atoms with van der Waals surface area (Å²) in [7, 11) is 0. The molecule has 0 aromatic heterocycles. The van der Waals surface area contributed by atoms with Crippen LogP contribution in [0.5, 0.6) is 0 Å². The van der Waals surface area contributed by atoms with Crippen LogP contribution in [0.25, 0.3) is 0 Å². The van der Waals surface area contributed by atoms with Gasteiger partial charge in [0.2, 0.25) is 5.91 Å². The third-order valence-electron chi connectivity index (χ3n) is 4.06. The summed E-state index contributed by atoms with van der Waals surface area (Å²) in [5.74, 6) is 1.62. The normalized spacial score (nSPS) is 26.2. The summed E-state index contributed by atoms with van der Waals surface area (Å²) in [6, 6.07) is 10.5. The van der Waals surface area contributed by atoms with Crippen molar-refractivity contribution in [1.82, 2.24) is 10.6 Å². The maximum absolute atomic E-state index is 11.8. The second-order valence-corrected chi connectivity index (χ2v) is 6.26. The third kappa shape index (κ3) is 4.97. The monoisotopic (exact) mass is 274 g/mol. The molecule has 0 aliphatic heterocycles. The molecule has 20 heavy (non-hydrogen) atoms. The van der Waals surface area contributed by atoms with Crippen LogP contribution in [-0.2, 0) is 11.3 Å². The number of nitrogens with one attached hydrogen (secondary N) is 2. The van der Waals surface area contributed by atoms with Gasteiger partial charge in [-0.3, -0.25) is 4.79 Å². The molecule has 2 rings (SSSR count). The second-order valence-electron chi connectivity index (χ2n) is 6.26. The molecule has 0 bridgehead atoms. The molecule has 0 spiro atoms. The van der Waals surface area contributed by atoms with Crippen LogP contribution in [0, 0.1) is 11.8 Å². The molecule has 2 N–H and O–H groups in total. The lowest BCUT2D eigenvalue weighted by molar-refractivity contribution is -0.120. The summed E-state index contributed by atoms with van der Waals surface area (Å²) in [5, 5.41) is 6.37. The minimum absolute atomic E-state index is 0.0831. The Morgan fingerprint density at radius 1 is 1.10 bits per heavy atom. The highest BCUT2D eigenvalue weighted by molar-refractivity contribution is 5.78. The van der Waals surface area contributed by atoms with E-state index in [1.54, 1.807) is 0 Å². The van der Waals surface area contributed by atoms with E-state index in [0.717, 1.165) is 17.4 Å². The minimum atomic E-state index is 0.0831. The molecule has 0 saturated heterocycles. The van der Waals surface area contributed by atoms with Gasteiger partial charge < -0.3 is 10.6 Å². The number of rotatable bonds is 5. The molecule has 3 nitrogen and oxygen atoms in total. The number of hydrogen-bond donors (Lipinski definition) is 2. The quantitative estimate of drug-likeness (QED) is 0.867. The standard InChI is InChI=1S/C17H26N2O/c1-13-8-14(2)10-16(9-13)18-12-17(20)19-11-15-6-4-3-5-7-15/h3-7,13-14,16,18H,8-12H2,1-2H3,(H,19,20). The highest BCUT2D eigenvalue weighted by atomic mass is 16.1. The van der Waals surface area contributed by atoms with Crippen molar-refractivity contribution in [2.45, 2.75) is 45.7 Å². The molecule has 1 fully saturated rings. The fourth-order valence-corrected chi connectivity index (χ4v) is 3.21. The van der Waals surface area contributed by atoms with Crippen molar-refractivity contribution in [1.29, 1.82) is 0 Å². The highest BCUT2D eigenvalue weighted by Crippen LogP contribution is 2.28. The molecule has 1 amide bonds. The van der Waals surface area contributed by atoms with Gasteiger partial charge >= 0.3 is 0 Å². The Morgan fingerprint density at radius 2 is 1.75 bits per heavy atom. The first-order valence-electron chi connectivity index (χ1n) is 7.67. The lowest BCUT2D eigenvalue weighted by atomic mass is 9.80.